The molecule has 2 aliphatic rings. The van der Waals surface area contributed by atoms with Crippen LogP contribution in [0, 0.1) is 18.6 Å². The fourth-order valence-corrected chi connectivity index (χ4v) is 5.77. The second kappa shape index (κ2) is 9.04. The molecule has 2 amide bonds. The topological polar surface area (TPSA) is 144 Å². The van der Waals surface area contributed by atoms with Crippen molar-refractivity contribution in [3.63, 3.8) is 0 Å². The zero-order valence-corrected chi connectivity index (χ0v) is 21.9. The molecular weight excluding hydrogens is 524 g/mol. The van der Waals surface area contributed by atoms with Crippen molar-refractivity contribution in [2.75, 3.05) is 12.3 Å². The number of carbonyl (C=O) groups is 2. The number of hydrogen-bond donors (Lipinski definition) is 3. The number of amides is 2. The van der Waals surface area contributed by atoms with Gasteiger partial charge in [0.05, 0.1) is 17.7 Å². The predicted molar refractivity (Wildman–Crippen MR) is 143 cm³/mol. The summed E-state index contributed by atoms with van der Waals surface area (Å²) in [4.78, 5) is 43.7. The highest BCUT2D eigenvalue weighted by atomic mass is 19.1. The van der Waals surface area contributed by atoms with Crippen molar-refractivity contribution in [2.45, 2.75) is 57.7 Å². The predicted octanol–water partition coefficient (Wildman–Crippen LogP) is 4.46. The molecule has 1 aliphatic carbocycles. The number of hydrogen-bond acceptors (Lipinski definition) is 6. The zero-order valence-electron chi connectivity index (χ0n) is 21.9. The number of benzene rings is 2. The molecule has 6 rings (SSSR count). The lowest BCUT2D eigenvalue weighted by Crippen LogP contribution is -2.54. The summed E-state index contributed by atoms with van der Waals surface area (Å²) in [5.41, 5.74) is 5.50. The lowest BCUT2D eigenvalue weighted by molar-refractivity contribution is -0.130. The van der Waals surface area contributed by atoms with Crippen LogP contribution in [0.15, 0.2) is 33.5 Å². The van der Waals surface area contributed by atoms with Gasteiger partial charge in [-0.3, -0.25) is 14.5 Å². The number of anilines is 1. The van der Waals surface area contributed by atoms with Crippen LogP contribution in [0.3, 0.4) is 0 Å². The van der Waals surface area contributed by atoms with E-state index in [4.69, 9.17) is 10.2 Å². The van der Waals surface area contributed by atoms with Gasteiger partial charge in [-0.15, -0.1) is 0 Å². The molecule has 4 aromatic rings. The van der Waals surface area contributed by atoms with Crippen molar-refractivity contribution in [3.05, 3.63) is 57.7 Å². The molecule has 1 aliphatic heterocycles. The molecule has 1 saturated carbocycles. The van der Waals surface area contributed by atoms with Crippen LogP contribution in [0.2, 0.25) is 0 Å². The highest BCUT2D eigenvalue weighted by Crippen LogP contribution is 2.41. The summed E-state index contributed by atoms with van der Waals surface area (Å²) in [6, 6.07) is 5.24. The van der Waals surface area contributed by atoms with E-state index >= 15 is 0 Å². The molecule has 1 atom stereocenters. The molecule has 1 saturated heterocycles. The zero-order chi connectivity index (χ0) is 28.5. The van der Waals surface area contributed by atoms with Crippen LogP contribution >= 0.6 is 0 Å². The van der Waals surface area contributed by atoms with Gasteiger partial charge in [-0.25, -0.2) is 18.6 Å². The van der Waals surface area contributed by atoms with Gasteiger partial charge in [0.25, 0.3) is 5.56 Å². The summed E-state index contributed by atoms with van der Waals surface area (Å²) >= 11 is 0. The van der Waals surface area contributed by atoms with Gasteiger partial charge in [0.1, 0.15) is 17.2 Å². The number of rotatable bonds is 5. The lowest BCUT2D eigenvalue weighted by Gasteiger charge is -2.31. The second-order valence-electron chi connectivity index (χ2n) is 10.7. The third-order valence-corrected chi connectivity index (χ3v) is 8.06. The fraction of sp³-hybridized carbons (Fsp3) is 0.357. The number of oxazole rings is 1. The van der Waals surface area contributed by atoms with Gasteiger partial charge in [0, 0.05) is 29.6 Å². The monoisotopic (exact) mass is 551 g/mol. The van der Waals surface area contributed by atoms with Gasteiger partial charge >= 0.3 is 6.09 Å². The smallest absolute Gasteiger partial charge is 0.408 e. The number of halogens is 2. The average Bonchev–Trinajstić information content (AvgIpc) is 3.51. The first-order valence-corrected chi connectivity index (χ1v) is 13.0. The number of nitrogen functional groups attached to an aromatic ring is 1. The van der Waals surface area contributed by atoms with Crippen LogP contribution in [-0.2, 0) is 11.3 Å². The Morgan fingerprint density at radius 3 is 2.67 bits per heavy atom. The Morgan fingerprint density at radius 1 is 1.23 bits per heavy atom. The third kappa shape index (κ3) is 3.89. The number of aromatic nitrogens is 2. The average molecular weight is 552 g/mol. The molecule has 0 radical (unpaired) electrons. The Bertz CT molecular complexity index is 1790. The number of fused-ring (bicyclic) bond motifs is 3. The lowest BCUT2D eigenvalue weighted by atomic mass is 9.96. The van der Waals surface area contributed by atoms with Gasteiger partial charge in [0.15, 0.2) is 11.1 Å². The summed E-state index contributed by atoms with van der Waals surface area (Å²) in [5, 5.41) is 12.8. The van der Waals surface area contributed by atoms with Crippen LogP contribution in [-0.4, -0.2) is 43.6 Å². The number of nitrogens with zero attached hydrogens (tertiary/aromatic N) is 3. The summed E-state index contributed by atoms with van der Waals surface area (Å²) < 4.78 is 36.7. The van der Waals surface area contributed by atoms with Crippen LogP contribution < -0.4 is 16.6 Å². The van der Waals surface area contributed by atoms with Gasteiger partial charge < -0.3 is 25.1 Å². The minimum atomic E-state index is -1.21. The van der Waals surface area contributed by atoms with E-state index in [-0.39, 0.29) is 52.9 Å². The maximum absolute atomic E-state index is 14.8. The maximum Gasteiger partial charge on any atom is 0.408 e. The molecule has 3 heterocycles. The first kappa shape index (κ1) is 25.8. The van der Waals surface area contributed by atoms with Crippen molar-refractivity contribution < 1.29 is 27.9 Å². The Hall–Kier alpha value is -4.48. The standard InChI is InChI=1S/C28H27F2N5O5/c1-13-15(17-10-19(30)20(31)11-18(17)29)6-7-16-23(13)35(14-4-5-14)25(36)22-24(16)40-21(33-22)12-32-26(37)28(2)8-3-9-34(28)27(38)39/h6-7,10-11,14H,3-5,8-9,12,31H2,1-2H3,(H,32,37)(H,38,39). The summed E-state index contributed by atoms with van der Waals surface area (Å²) in [7, 11) is 0. The van der Waals surface area contributed by atoms with Crippen LogP contribution in [0.25, 0.3) is 33.1 Å². The van der Waals surface area contributed by atoms with Gasteiger partial charge in [-0.1, -0.05) is 6.07 Å². The number of aryl methyl sites for hydroxylation is 1. The van der Waals surface area contributed by atoms with E-state index in [9.17, 15) is 28.3 Å². The number of likely N-dealkylation sites (tertiary alicyclic amines) is 1. The van der Waals surface area contributed by atoms with Crippen molar-refractivity contribution in [2.24, 2.45) is 0 Å². The van der Waals surface area contributed by atoms with E-state index in [2.05, 4.69) is 10.3 Å². The van der Waals surface area contributed by atoms with E-state index in [1.807, 2.05) is 0 Å². The largest absolute Gasteiger partial charge is 0.465 e. The maximum atomic E-state index is 14.8. The molecule has 2 fully saturated rings. The van der Waals surface area contributed by atoms with E-state index < -0.39 is 29.2 Å². The Morgan fingerprint density at radius 2 is 1.98 bits per heavy atom. The number of carbonyl (C=O) groups excluding carboxylic acids is 1. The van der Waals surface area contributed by atoms with Crippen molar-refractivity contribution in [1.82, 2.24) is 19.8 Å². The second-order valence-corrected chi connectivity index (χ2v) is 10.7. The molecule has 208 valence electrons. The molecule has 4 N–H and O–H groups in total. The molecule has 2 aromatic carbocycles. The molecule has 0 spiro atoms. The van der Waals surface area contributed by atoms with Gasteiger partial charge in [-0.05, 0) is 62.8 Å². The molecular formula is C28H27F2N5O5. The SMILES string of the molecule is Cc1c(-c2cc(F)c(N)cc2F)ccc2c3oc(CNC(=O)C4(C)CCCN4C(=O)O)nc3c(=O)n(C3CC3)c12. The van der Waals surface area contributed by atoms with Gasteiger partial charge in [0.2, 0.25) is 11.8 Å². The quantitative estimate of drug-likeness (QED) is 0.311. The van der Waals surface area contributed by atoms with Crippen molar-refractivity contribution in [3.8, 4) is 11.1 Å². The highest BCUT2D eigenvalue weighted by molar-refractivity contribution is 6.04. The number of nitrogens with one attached hydrogen (secondary N) is 1. The van der Waals surface area contributed by atoms with Crippen LogP contribution in [0.5, 0.6) is 0 Å². The van der Waals surface area contributed by atoms with E-state index in [1.165, 1.54) is 0 Å². The molecule has 40 heavy (non-hydrogen) atoms. The highest BCUT2D eigenvalue weighted by Gasteiger charge is 2.46. The minimum absolute atomic E-state index is 0.0257. The summed E-state index contributed by atoms with van der Waals surface area (Å²) in [6.07, 6.45) is 1.36. The first-order valence-electron chi connectivity index (χ1n) is 13.0. The summed E-state index contributed by atoms with van der Waals surface area (Å²) in [5.74, 6) is -1.82. The Kier molecular flexibility index (Phi) is 5.82. The van der Waals surface area contributed by atoms with Gasteiger partial charge in [-0.2, -0.15) is 0 Å². The molecule has 10 nitrogen and oxygen atoms in total. The van der Waals surface area contributed by atoms with Crippen molar-refractivity contribution >= 4 is 39.7 Å². The molecule has 0 bridgehead atoms. The van der Waals surface area contributed by atoms with Crippen LogP contribution in [0.1, 0.15) is 50.1 Å². The van der Waals surface area contributed by atoms with E-state index in [1.54, 1.807) is 30.5 Å². The Labute approximate surface area is 226 Å². The fourth-order valence-electron chi connectivity index (χ4n) is 5.77. The van der Waals surface area contributed by atoms with Crippen LogP contribution in [0.4, 0.5) is 19.3 Å². The molecule has 2 aromatic heterocycles. The first-order chi connectivity index (χ1) is 19.0. The number of pyridine rings is 1. The summed E-state index contributed by atoms with van der Waals surface area (Å²) in [6.45, 7) is 3.44. The minimum Gasteiger partial charge on any atom is -0.465 e. The number of nitrogens with two attached hydrogens (primary N) is 1. The van der Waals surface area contributed by atoms with E-state index in [0.717, 1.165) is 29.9 Å². The normalized spacial score (nSPS) is 19.1. The molecule has 12 heteroatoms. The number of carboxylic acid groups (broad SMARTS) is 1. The third-order valence-electron chi connectivity index (χ3n) is 8.06. The van der Waals surface area contributed by atoms with Crippen molar-refractivity contribution in [1.29, 1.82) is 0 Å². The van der Waals surface area contributed by atoms with E-state index in [0.29, 0.717) is 34.9 Å². The Balaban J connectivity index is 1.43. The molecule has 1 unspecified atom stereocenters.